The number of hydrogen-bond donors (Lipinski definition) is 1. The number of carbonyl (C=O) groups is 2. The number of aryl methyl sites for hydroxylation is 1. The third kappa shape index (κ3) is 3.16. The number of nitrogens with zero attached hydrogens (tertiary/aromatic N) is 1. The predicted molar refractivity (Wildman–Crippen MR) is 112 cm³/mol. The number of nitrogens with one attached hydrogen (secondary N) is 1. The van der Waals surface area contributed by atoms with E-state index in [4.69, 9.17) is 18.6 Å². The van der Waals surface area contributed by atoms with Crippen molar-refractivity contribution in [1.82, 2.24) is 0 Å². The van der Waals surface area contributed by atoms with Gasteiger partial charge in [-0.3, -0.25) is 9.69 Å². The fourth-order valence-electron chi connectivity index (χ4n) is 3.85. The first-order valence-electron chi connectivity index (χ1n) is 9.84. The van der Waals surface area contributed by atoms with Gasteiger partial charge in [-0.2, -0.15) is 0 Å². The van der Waals surface area contributed by atoms with E-state index in [1.165, 1.54) is 7.11 Å². The Morgan fingerprint density at radius 2 is 1.87 bits per heavy atom. The summed E-state index contributed by atoms with van der Waals surface area (Å²) in [6, 6.07) is 14.2. The molecule has 0 unspecified atom stereocenters. The highest BCUT2D eigenvalue weighted by atomic mass is 16.6. The highest BCUT2D eigenvalue weighted by Crippen LogP contribution is 2.41. The number of para-hydroxylation sites is 1. The van der Waals surface area contributed by atoms with Gasteiger partial charge >= 0.3 is 5.97 Å². The molecule has 3 heterocycles. The molecule has 1 aromatic heterocycles. The van der Waals surface area contributed by atoms with E-state index in [2.05, 4.69) is 5.32 Å². The smallest absolute Gasteiger partial charge is 0.341 e. The Kier molecular flexibility index (Phi) is 4.54. The lowest BCUT2D eigenvalue weighted by Gasteiger charge is -2.37. The fraction of sp³-hybridized carbons (Fsp3) is 0.217. The summed E-state index contributed by atoms with van der Waals surface area (Å²) < 4.78 is 22.0. The predicted octanol–water partition coefficient (Wildman–Crippen LogP) is 3.92. The Bertz CT molecular complexity index is 1180. The van der Waals surface area contributed by atoms with E-state index in [-0.39, 0.29) is 5.91 Å². The maximum absolute atomic E-state index is 13.5. The second-order valence-electron chi connectivity index (χ2n) is 7.21. The van der Waals surface area contributed by atoms with Crippen LogP contribution in [0, 0.1) is 6.92 Å². The number of benzene rings is 2. The molecular formula is C23H20N2O6. The number of hydrogen-bond acceptors (Lipinski definition) is 7. The van der Waals surface area contributed by atoms with Gasteiger partial charge in [-0.05, 0) is 37.3 Å². The van der Waals surface area contributed by atoms with Crippen LogP contribution in [0.4, 0.5) is 11.4 Å². The summed E-state index contributed by atoms with van der Waals surface area (Å²) in [5.74, 6) is 1.32. The Morgan fingerprint density at radius 3 is 2.68 bits per heavy atom. The summed E-state index contributed by atoms with van der Waals surface area (Å²) in [7, 11) is 1.31. The third-order valence-electron chi connectivity index (χ3n) is 5.34. The summed E-state index contributed by atoms with van der Waals surface area (Å²) in [6.45, 7) is 2.60. The quantitative estimate of drug-likeness (QED) is 0.643. The summed E-state index contributed by atoms with van der Waals surface area (Å²) in [6.07, 6.45) is -0.679. The van der Waals surface area contributed by atoms with E-state index >= 15 is 0 Å². The van der Waals surface area contributed by atoms with Crippen LogP contribution in [0.15, 0.2) is 52.9 Å². The minimum absolute atomic E-state index is 0.204. The van der Waals surface area contributed by atoms with Crippen LogP contribution in [0.2, 0.25) is 0 Å². The molecule has 3 aromatic rings. The first-order chi connectivity index (χ1) is 15.1. The van der Waals surface area contributed by atoms with Gasteiger partial charge < -0.3 is 23.9 Å². The first kappa shape index (κ1) is 19.0. The van der Waals surface area contributed by atoms with Crippen LogP contribution in [-0.2, 0) is 4.74 Å². The van der Waals surface area contributed by atoms with Gasteiger partial charge in [0.05, 0.1) is 18.4 Å². The second kappa shape index (κ2) is 7.39. The highest BCUT2D eigenvalue weighted by molar-refractivity contribution is 6.12. The van der Waals surface area contributed by atoms with Crippen molar-refractivity contribution in [3.63, 3.8) is 0 Å². The van der Waals surface area contributed by atoms with Crippen molar-refractivity contribution in [2.24, 2.45) is 0 Å². The molecule has 1 N–H and O–H groups in total. The molecule has 0 bridgehead atoms. The molecular weight excluding hydrogens is 400 g/mol. The summed E-state index contributed by atoms with van der Waals surface area (Å²) in [4.78, 5) is 27.2. The lowest BCUT2D eigenvalue weighted by molar-refractivity contribution is 0.0598. The Labute approximate surface area is 178 Å². The number of esters is 1. The number of anilines is 2. The number of rotatable bonds is 3. The van der Waals surface area contributed by atoms with Crippen molar-refractivity contribution in [3.05, 3.63) is 71.2 Å². The molecule has 0 radical (unpaired) electrons. The zero-order chi connectivity index (χ0) is 21.5. The molecule has 0 saturated carbocycles. The van der Waals surface area contributed by atoms with Gasteiger partial charge in [0.25, 0.3) is 5.91 Å². The number of ether oxygens (including phenoxy) is 3. The minimum Gasteiger partial charge on any atom is -0.486 e. The second-order valence-corrected chi connectivity index (χ2v) is 7.21. The average molecular weight is 420 g/mol. The Hall–Kier alpha value is -3.94. The van der Waals surface area contributed by atoms with Gasteiger partial charge in [-0.1, -0.05) is 12.1 Å². The lowest BCUT2D eigenvalue weighted by Crippen LogP contribution is -2.43. The number of methoxy groups -OCH3 is 1. The van der Waals surface area contributed by atoms with Crippen molar-refractivity contribution in [1.29, 1.82) is 0 Å². The molecule has 0 aliphatic carbocycles. The maximum atomic E-state index is 13.5. The van der Waals surface area contributed by atoms with E-state index in [0.29, 0.717) is 58.7 Å². The first-order valence-corrected chi connectivity index (χ1v) is 9.84. The monoisotopic (exact) mass is 420 g/mol. The SMILES string of the molecule is COC(=O)c1cc([C@@H]2Nc3ccccc3C(=O)N2c2ccc3c(c2)OCCO3)oc1C. The molecule has 2 aliphatic rings. The molecule has 8 nitrogen and oxygen atoms in total. The molecule has 0 saturated heterocycles. The van der Waals surface area contributed by atoms with E-state index in [9.17, 15) is 9.59 Å². The summed E-state index contributed by atoms with van der Waals surface area (Å²) >= 11 is 0. The van der Waals surface area contributed by atoms with Crippen molar-refractivity contribution in [3.8, 4) is 11.5 Å². The molecule has 1 atom stereocenters. The van der Waals surface area contributed by atoms with Gasteiger partial charge in [0.15, 0.2) is 17.7 Å². The molecule has 0 fully saturated rings. The van der Waals surface area contributed by atoms with Crippen molar-refractivity contribution in [2.75, 3.05) is 30.5 Å². The van der Waals surface area contributed by atoms with Crippen molar-refractivity contribution >= 4 is 23.3 Å². The van der Waals surface area contributed by atoms with Crippen LogP contribution < -0.4 is 19.7 Å². The molecule has 31 heavy (non-hydrogen) atoms. The zero-order valence-electron chi connectivity index (χ0n) is 17.0. The van der Waals surface area contributed by atoms with Crippen LogP contribution in [0.5, 0.6) is 11.5 Å². The maximum Gasteiger partial charge on any atom is 0.341 e. The normalized spacial score (nSPS) is 17.0. The average Bonchev–Trinajstić information content (AvgIpc) is 3.19. The molecule has 0 spiro atoms. The van der Waals surface area contributed by atoms with Gasteiger partial charge in [0.2, 0.25) is 0 Å². The molecule has 2 aliphatic heterocycles. The van der Waals surface area contributed by atoms with E-state index in [1.807, 2.05) is 18.2 Å². The lowest BCUT2D eigenvalue weighted by atomic mass is 10.0. The number of furan rings is 1. The molecule has 2 aromatic carbocycles. The summed E-state index contributed by atoms with van der Waals surface area (Å²) in [5, 5.41) is 3.36. The number of fused-ring (bicyclic) bond motifs is 2. The topological polar surface area (TPSA) is 90.2 Å². The number of carbonyl (C=O) groups excluding carboxylic acids is 2. The summed E-state index contributed by atoms with van der Waals surface area (Å²) in [5.41, 5.74) is 2.13. The van der Waals surface area contributed by atoms with Crippen LogP contribution in [0.25, 0.3) is 0 Å². The molecule has 1 amide bonds. The molecule has 158 valence electrons. The number of amides is 1. The largest absolute Gasteiger partial charge is 0.486 e. The van der Waals surface area contributed by atoms with Gasteiger partial charge in [0, 0.05) is 11.8 Å². The molecule has 5 rings (SSSR count). The van der Waals surface area contributed by atoms with Gasteiger partial charge in [0.1, 0.15) is 30.3 Å². The Morgan fingerprint density at radius 1 is 1.10 bits per heavy atom. The zero-order valence-corrected chi connectivity index (χ0v) is 17.0. The van der Waals surface area contributed by atoms with E-state index in [1.54, 1.807) is 42.2 Å². The van der Waals surface area contributed by atoms with Crippen molar-refractivity contribution < 1.29 is 28.2 Å². The van der Waals surface area contributed by atoms with Crippen LogP contribution >= 0.6 is 0 Å². The highest BCUT2D eigenvalue weighted by Gasteiger charge is 2.37. The van der Waals surface area contributed by atoms with Crippen LogP contribution in [0.3, 0.4) is 0 Å². The van der Waals surface area contributed by atoms with Gasteiger partial charge in [-0.25, -0.2) is 4.79 Å². The van der Waals surface area contributed by atoms with E-state index < -0.39 is 12.1 Å². The van der Waals surface area contributed by atoms with Crippen LogP contribution in [-0.4, -0.2) is 32.2 Å². The van der Waals surface area contributed by atoms with E-state index in [0.717, 1.165) is 0 Å². The fourth-order valence-corrected chi connectivity index (χ4v) is 3.85. The molecule has 8 heteroatoms. The Balaban J connectivity index is 1.63. The van der Waals surface area contributed by atoms with Crippen molar-refractivity contribution in [2.45, 2.75) is 13.1 Å². The minimum atomic E-state index is -0.679. The third-order valence-corrected chi connectivity index (χ3v) is 5.34. The standard InChI is InChI=1S/C23H20N2O6/c1-13-16(23(27)28-2)12-20(31-13)21-24-17-6-4-3-5-15(17)22(26)25(21)14-7-8-18-19(11-14)30-10-9-29-18/h3-8,11-12,21,24H,9-10H2,1-2H3/t21-/m1/s1. The van der Waals surface area contributed by atoms with Crippen LogP contribution in [0.1, 0.15) is 38.4 Å². The van der Waals surface area contributed by atoms with Gasteiger partial charge in [-0.15, -0.1) is 0 Å².